The van der Waals surface area contributed by atoms with Crippen molar-refractivity contribution in [2.24, 2.45) is 0 Å². The van der Waals surface area contributed by atoms with Gasteiger partial charge in [0.05, 0.1) is 7.11 Å². The highest BCUT2D eigenvalue weighted by Crippen LogP contribution is 2.23. The van der Waals surface area contributed by atoms with Crippen LogP contribution in [0.1, 0.15) is 0 Å². The summed E-state index contributed by atoms with van der Waals surface area (Å²) in [6.07, 6.45) is 0. The summed E-state index contributed by atoms with van der Waals surface area (Å²) < 4.78 is 30.7. The number of esters is 1. The maximum atomic E-state index is 13.3. The maximum Gasteiger partial charge on any atom is 0.323 e. The molecule has 1 N–H and O–H groups in total. The molecule has 0 aliphatic heterocycles. The van der Waals surface area contributed by atoms with Crippen LogP contribution in [0.25, 0.3) is 0 Å². The van der Waals surface area contributed by atoms with Gasteiger partial charge in [-0.15, -0.1) is 11.8 Å². The van der Waals surface area contributed by atoms with Gasteiger partial charge in [-0.1, -0.05) is 0 Å². The second kappa shape index (κ2) is 6.56. The van der Waals surface area contributed by atoms with Gasteiger partial charge in [-0.25, -0.2) is 8.78 Å². The Balaban J connectivity index is 2.65. The Kier molecular flexibility index (Phi) is 5.37. The lowest BCUT2D eigenvalue weighted by molar-refractivity contribution is -0.142. The minimum absolute atomic E-state index is 0.175. The summed E-state index contributed by atoms with van der Waals surface area (Å²) in [7, 11) is 2.88. The molecule has 0 saturated carbocycles. The van der Waals surface area contributed by atoms with Gasteiger partial charge < -0.3 is 10.1 Å². The van der Waals surface area contributed by atoms with E-state index in [1.807, 2.05) is 0 Å². The summed E-state index contributed by atoms with van der Waals surface area (Å²) in [4.78, 5) is 11.4. The van der Waals surface area contributed by atoms with E-state index in [-0.39, 0.29) is 10.6 Å². The molecule has 0 aliphatic carbocycles. The fraction of sp³-hybridized carbons (Fsp3) is 0.364. The number of likely N-dealkylation sites (N-methyl/N-ethyl adjacent to an activating group) is 1. The zero-order valence-corrected chi connectivity index (χ0v) is 10.3. The molecule has 1 aromatic carbocycles. The van der Waals surface area contributed by atoms with Crippen molar-refractivity contribution in [3.8, 4) is 0 Å². The molecule has 0 heterocycles. The predicted octanol–water partition coefficient (Wildman–Crippen LogP) is 1.82. The SMILES string of the molecule is CNC(CSc1cc(F)ccc1F)C(=O)OC. The number of benzene rings is 1. The van der Waals surface area contributed by atoms with Crippen LogP contribution >= 0.6 is 11.8 Å². The summed E-state index contributed by atoms with van der Waals surface area (Å²) in [6, 6.07) is 2.66. The second-order valence-electron chi connectivity index (χ2n) is 3.25. The molecule has 0 aromatic heterocycles. The highest BCUT2D eigenvalue weighted by atomic mass is 32.2. The molecular formula is C11H13F2NO2S. The maximum absolute atomic E-state index is 13.3. The van der Waals surface area contributed by atoms with Gasteiger partial charge >= 0.3 is 5.97 Å². The first-order valence-electron chi connectivity index (χ1n) is 4.91. The minimum atomic E-state index is -0.548. The molecule has 94 valence electrons. The van der Waals surface area contributed by atoms with Gasteiger partial charge in [0.25, 0.3) is 0 Å². The number of carbonyl (C=O) groups excluding carboxylic acids is 1. The summed E-state index contributed by atoms with van der Waals surface area (Å²) in [5.41, 5.74) is 0. The number of carbonyl (C=O) groups is 1. The number of rotatable bonds is 5. The first-order chi connectivity index (χ1) is 8.08. The van der Waals surface area contributed by atoms with Crippen LogP contribution in [-0.4, -0.2) is 31.9 Å². The van der Waals surface area contributed by atoms with Gasteiger partial charge in [-0.3, -0.25) is 4.79 Å². The van der Waals surface area contributed by atoms with E-state index in [9.17, 15) is 13.6 Å². The third kappa shape index (κ3) is 3.98. The van der Waals surface area contributed by atoms with Crippen LogP contribution in [0.3, 0.4) is 0 Å². The predicted molar refractivity (Wildman–Crippen MR) is 61.9 cm³/mol. The highest BCUT2D eigenvalue weighted by molar-refractivity contribution is 7.99. The normalized spacial score (nSPS) is 12.2. The van der Waals surface area contributed by atoms with Crippen LogP contribution in [0.2, 0.25) is 0 Å². The average Bonchev–Trinajstić information content (AvgIpc) is 2.33. The lowest BCUT2D eigenvalue weighted by Gasteiger charge is -2.13. The molecule has 0 spiro atoms. The molecule has 0 saturated heterocycles. The zero-order valence-electron chi connectivity index (χ0n) is 9.50. The molecule has 0 fully saturated rings. The van der Waals surface area contributed by atoms with Gasteiger partial charge in [-0.2, -0.15) is 0 Å². The third-order valence-corrected chi connectivity index (χ3v) is 3.26. The van der Waals surface area contributed by atoms with Crippen molar-refractivity contribution in [2.75, 3.05) is 19.9 Å². The highest BCUT2D eigenvalue weighted by Gasteiger charge is 2.17. The number of thioether (sulfide) groups is 1. The van der Waals surface area contributed by atoms with Crippen LogP contribution < -0.4 is 5.32 Å². The van der Waals surface area contributed by atoms with Crippen molar-refractivity contribution in [1.29, 1.82) is 0 Å². The van der Waals surface area contributed by atoms with E-state index in [1.165, 1.54) is 7.11 Å². The third-order valence-electron chi connectivity index (χ3n) is 2.13. The monoisotopic (exact) mass is 261 g/mol. The van der Waals surface area contributed by atoms with Crippen LogP contribution in [0, 0.1) is 11.6 Å². The van der Waals surface area contributed by atoms with Gasteiger partial charge in [0.15, 0.2) is 0 Å². The quantitative estimate of drug-likeness (QED) is 0.648. The summed E-state index contributed by atoms with van der Waals surface area (Å²) in [5, 5.41) is 2.75. The molecule has 17 heavy (non-hydrogen) atoms. The van der Waals surface area contributed by atoms with Crippen molar-refractivity contribution in [1.82, 2.24) is 5.32 Å². The van der Waals surface area contributed by atoms with Crippen LogP contribution in [0.15, 0.2) is 23.1 Å². The fourth-order valence-electron chi connectivity index (χ4n) is 1.17. The number of hydrogen-bond donors (Lipinski definition) is 1. The van der Waals surface area contributed by atoms with Crippen LogP contribution in [0.5, 0.6) is 0 Å². The Morgan fingerprint density at radius 1 is 1.53 bits per heavy atom. The van der Waals surface area contributed by atoms with Crippen molar-refractivity contribution < 1.29 is 18.3 Å². The van der Waals surface area contributed by atoms with E-state index >= 15 is 0 Å². The van der Waals surface area contributed by atoms with E-state index in [2.05, 4.69) is 10.1 Å². The van der Waals surface area contributed by atoms with E-state index in [0.29, 0.717) is 0 Å². The topological polar surface area (TPSA) is 38.3 Å². The molecule has 0 bridgehead atoms. The van der Waals surface area contributed by atoms with E-state index in [4.69, 9.17) is 0 Å². The standard InChI is InChI=1S/C11H13F2NO2S/c1-14-9(11(15)16-2)6-17-10-5-7(12)3-4-8(10)13/h3-5,9,14H,6H2,1-2H3. The molecule has 0 radical (unpaired) electrons. The Morgan fingerprint density at radius 2 is 2.24 bits per heavy atom. The zero-order chi connectivity index (χ0) is 12.8. The Morgan fingerprint density at radius 3 is 2.82 bits per heavy atom. The van der Waals surface area contributed by atoms with Gasteiger partial charge in [0.2, 0.25) is 0 Å². The van der Waals surface area contributed by atoms with Crippen molar-refractivity contribution >= 4 is 17.7 Å². The molecule has 0 aliphatic rings. The number of nitrogens with one attached hydrogen (secondary N) is 1. The minimum Gasteiger partial charge on any atom is -0.468 e. The van der Waals surface area contributed by atoms with Crippen molar-refractivity contribution in [3.63, 3.8) is 0 Å². The summed E-state index contributed by atoms with van der Waals surface area (Å²) in [6.45, 7) is 0. The lowest BCUT2D eigenvalue weighted by atomic mass is 10.3. The Hall–Kier alpha value is -1.14. The van der Waals surface area contributed by atoms with E-state index < -0.39 is 23.6 Å². The van der Waals surface area contributed by atoms with E-state index in [1.54, 1.807) is 7.05 Å². The molecule has 1 rings (SSSR count). The molecule has 3 nitrogen and oxygen atoms in total. The first kappa shape index (κ1) is 13.9. The average molecular weight is 261 g/mol. The first-order valence-corrected chi connectivity index (χ1v) is 5.90. The number of ether oxygens (including phenoxy) is 1. The van der Waals surface area contributed by atoms with Crippen molar-refractivity contribution in [3.05, 3.63) is 29.8 Å². The molecule has 1 aromatic rings. The molecule has 1 unspecified atom stereocenters. The van der Waals surface area contributed by atoms with Crippen LogP contribution in [0.4, 0.5) is 8.78 Å². The Labute approximate surface area is 103 Å². The summed E-state index contributed by atoms with van der Waals surface area (Å²) >= 11 is 1.06. The number of halogens is 2. The smallest absolute Gasteiger partial charge is 0.323 e. The van der Waals surface area contributed by atoms with E-state index in [0.717, 1.165) is 30.0 Å². The lowest BCUT2D eigenvalue weighted by Crippen LogP contribution is -2.37. The van der Waals surface area contributed by atoms with Crippen molar-refractivity contribution in [2.45, 2.75) is 10.9 Å². The molecule has 0 amide bonds. The second-order valence-corrected chi connectivity index (χ2v) is 4.31. The summed E-state index contributed by atoms with van der Waals surface area (Å²) in [5.74, 6) is -1.18. The van der Waals surface area contributed by atoms with Crippen LogP contribution in [-0.2, 0) is 9.53 Å². The van der Waals surface area contributed by atoms with Gasteiger partial charge in [0.1, 0.15) is 17.7 Å². The number of methoxy groups -OCH3 is 1. The largest absolute Gasteiger partial charge is 0.468 e. The number of hydrogen-bond acceptors (Lipinski definition) is 4. The molecule has 6 heteroatoms. The fourth-order valence-corrected chi connectivity index (χ4v) is 2.22. The van der Waals surface area contributed by atoms with Gasteiger partial charge in [-0.05, 0) is 25.2 Å². The molecule has 1 atom stereocenters. The van der Waals surface area contributed by atoms with Gasteiger partial charge in [0, 0.05) is 10.6 Å². The molecular weight excluding hydrogens is 248 g/mol. The Bertz CT molecular complexity index is 401.